The molecule has 186 valence electrons. The number of thiocarbonyl (C=S) groups is 1. The number of carbonyl (C=O) groups excluding carboxylic acids is 2. The third-order valence-electron chi connectivity index (χ3n) is 6.43. The van der Waals surface area contributed by atoms with E-state index in [1.165, 1.54) is 17.6 Å². The van der Waals surface area contributed by atoms with Gasteiger partial charge in [-0.15, -0.1) is 0 Å². The van der Waals surface area contributed by atoms with Crippen LogP contribution in [0.25, 0.3) is 11.8 Å². The van der Waals surface area contributed by atoms with E-state index >= 15 is 0 Å². The molecule has 0 unspecified atom stereocenters. The summed E-state index contributed by atoms with van der Waals surface area (Å²) in [7, 11) is 3.04. The number of aryl methyl sites for hydroxylation is 3. The predicted molar refractivity (Wildman–Crippen MR) is 145 cm³/mol. The Morgan fingerprint density at radius 1 is 1.03 bits per heavy atom. The van der Waals surface area contributed by atoms with E-state index in [2.05, 4.69) is 41.9 Å². The Hall–Kier alpha value is -3.91. The molecule has 0 saturated carbocycles. The number of methoxy groups -OCH3 is 2. The summed E-state index contributed by atoms with van der Waals surface area (Å²) in [6, 6.07) is 13.3. The first-order valence-electron chi connectivity index (χ1n) is 11.6. The summed E-state index contributed by atoms with van der Waals surface area (Å²) in [6.07, 6.45) is 2.52. The number of hydrogen-bond donors (Lipinski definition) is 1. The Morgan fingerprint density at radius 3 is 2.44 bits per heavy atom. The average Bonchev–Trinajstić information content (AvgIpc) is 3.13. The molecule has 7 nitrogen and oxygen atoms in total. The van der Waals surface area contributed by atoms with Gasteiger partial charge in [-0.2, -0.15) is 0 Å². The molecular formula is C28H29N3O4S. The van der Waals surface area contributed by atoms with E-state index in [9.17, 15) is 9.59 Å². The second-order valence-corrected chi connectivity index (χ2v) is 8.98. The lowest BCUT2D eigenvalue weighted by atomic mass is 10.0. The molecule has 8 heteroatoms. The molecule has 0 aliphatic carbocycles. The number of benzene rings is 2. The van der Waals surface area contributed by atoms with Gasteiger partial charge in [0.05, 0.1) is 25.6 Å². The molecule has 3 aromatic rings. The second-order valence-electron chi connectivity index (χ2n) is 8.59. The Labute approximate surface area is 216 Å². The molecule has 2 amide bonds. The highest BCUT2D eigenvalue weighted by Crippen LogP contribution is 2.35. The Kier molecular flexibility index (Phi) is 6.99. The molecule has 0 spiro atoms. The summed E-state index contributed by atoms with van der Waals surface area (Å²) in [6.45, 7) is 8.23. The van der Waals surface area contributed by atoms with Crippen molar-refractivity contribution in [3.05, 3.63) is 76.1 Å². The van der Waals surface area contributed by atoms with E-state index < -0.39 is 11.8 Å². The van der Waals surface area contributed by atoms with E-state index in [1.54, 1.807) is 31.4 Å². The standard InChI is InChI=1S/C28H29N3O4S/c1-7-19-10-8-9-16(2)25(19)30-17(3)13-20(18(30)4)14-22-26(32)29-28(36)31(27(22)33)23-12-11-21(34-5)15-24(23)35-6/h8-15H,7H2,1-6H3,(H,29,32,36)/b22-14+. The van der Waals surface area contributed by atoms with Crippen LogP contribution >= 0.6 is 12.2 Å². The maximum absolute atomic E-state index is 13.6. The summed E-state index contributed by atoms with van der Waals surface area (Å²) in [5.74, 6) is -0.0999. The number of anilines is 1. The number of hydrogen-bond acceptors (Lipinski definition) is 5. The molecule has 2 aromatic carbocycles. The lowest BCUT2D eigenvalue weighted by Gasteiger charge is -2.30. The van der Waals surface area contributed by atoms with E-state index in [0.717, 1.165) is 34.6 Å². The van der Waals surface area contributed by atoms with E-state index in [1.807, 2.05) is 19.9 Å². The van der Waals surface area contributed by atoms with Crippen LogP contribution in [0.5, 0.6) is 11.5 Å². The van der Waals surface area contributed by atoms with Crippen molar-refractivity contribution in [3.63, 3.8) is 0 Å². The van der Waals surface area contributed by atoms with Crippen LogP contribution in [0.3, 0.4) is 0 Å². The first-order valence-corrected chi connectivity index (χ1v) is 12.0. The van der Waals surface area contributed by atoms with E-state index in [-0.39, 0.29) is 10.7 Å². The largest absolute Gasteiger partial charge is 0.497 e. The van der Waals surface area contributed by atoms with Crippen molar-refractivity contribution < 1.29 is 19.1 Å². The molecule has 1 aliphatic heterocycles. The van der Waals surface area contributed by atoms with Crippen molar-refractivity contribution >= 4 is 40.9 Å². The lowest BCUT2D eigenvalue weighted by molar-refractivity contribution is -0.122. The van der Waals surface area contributed by atoms with Gasteiger partial charge in [0.2, 0.25) is 0 Å². The molecule has 36 heavy (non-hydrogen) atoms. The number of rotatable bonds is 6. The van der Waals surface area contributed by atoms with Gasteiger partial charge in [0.1, 0.15) is 17.1 Å². The Bertz CT molecular complexity index is 1420. The minimum Gasteiger partial charge on any atom is -0.497 e. The number of amides is 2. The maximum atomic E-state index is 13.6. The summed E-state index contributed by atoms with van der Waals surface area (Å²) >= 11 is 5.36. The summed E-state index contributed by atoms with van der Waals surface area (Å²) < 4.78 is 12.9. The van der Waals surface area contributed by atoms with Gasteiger partial charge >= 0.3 is 0 Å². The van der Waals surface area contributed by atoms with Crippen LogP contribution in [0.15, 0.2) is 48.0 Å². The first-order chi connectivity index (χ1) is 17.2. The molecule has 1 saturated heterocycles. The van der Waals surface area contributed by atoms with Crippen LogP contribution in [0.2, 0.25) is 0 Å². The van der Waals surface area contributed by atoms with Gasteiger partial charge < -0.3 is 14.0 Å². The average molecular weight is 504 g/mol. The SMILES string of the molecule is CCc1cccc(C)c1-n1c(C)cc(/C=C2\C(=O)NC(=S)N(c3ccc(OC)cc3OC)C2=O)c1C. The lowest BCUT2D eigenvalue weighted by Crippen LogP contribution is -2.54. The van der Waals surface area contributed by atoms with Crippen LogP contribution in [0.4, 0.5) is 5.69 Å². The molecule has 4 rings (SSSR count). The highest BCUT2D eigenvalue weighted by Gasteiger charge is 2.36. The molecular weight excluding hydrogens is 474 g/mol. The topological polar surface area (TPSA) is 72.8 Å². The van der Waals surface area contributed by atoms with Crippen LogP contribution in [-0.4, -0.2) is 35.7 Å². The van der Waals surface area contributed by atoms with Crippen LogP contribution in [0.1, 0.15) is 35.0 Å². The summed E-state index contributed by atoms with van der Waals surface area (Å²) in [4.78, 5) is 27.8. The molecule has 0 atom stereocenters. The van der Waals surface area contributed by atoms with Crippen LogP contribution < -0.4 is 19.7 Å². The van der Waals surface area contributed by atoms with Crippen molar-refractivity contribution in [1.82, 2.24) is 9.88 Å². The third-order valence-corrected chi connectivity index (χ3v) is 6.71. The number of aromatic nitrogens is 1. The van der Waals surface area contributed by atoms with Gasteiger partial charge in [-0.1, -0.05) is 25.1 Å². The number of nitrogens with zero attached hydrogens (tertiary/aromatic N) is 2. The van der Waals surface area contributed by atoms with E-state index in [4.69, 9.17) is 21.7 Å². The summed E-state index contributed by atoms with van der Waals surface area (Å²) in [5.41, 5.74) is 6.65. The van der Waals surface area contributed by atoms with Crippen molar-refractivity contribution in [2.45, 2.75) is 34.1 Å². The monoisotopic (exact) mass is 503 g/mol. The van der Waals surface area contributed by atoms with Crippen molar-refractivity contribution in [1.29, 1.82) is 0 Å². The predicted octanol–water partition coefficient (Wildman–Crippen LogP) is 4.81. The fourth-order valence-corrected chi connectivity index (χ4v) is 4.88. The second kappa shape index (κ2) is 9.99. The normalized spacial score (nSPS) is 14.9. The van der Waals surface area contributed by atoms with Gasteiger partial charge in [0.25, 0.3) is 11.8 Å². The number of carbonyl (C=O) groups is 2. The Morgan fingerprint density at radius 2 is 1.78 bits per heavy atom. The first kappa shape index (κ1) is 25.2. The fraction of sp³-hybridized carbons (Fsp3) is 0.250. The summed E-state index contributed by atoms with van der Waals surface area (Å²) in [5, 5.41) is 2.63. The van der Waals surface area contributed by atoms with Gasteiger partial charge in [-0.05, 0) is 80.4 Å². The third kappa shape index (κ3) is 4.28. The number of ether oxygens (including phenoxy) is 2. The Balaban J connectivity index is 1.81. The zero-order chi connectivity index (χ0) is 26.1. The molecule has 2 heterocycles. The zero-order valence-corrected chi connectivity index (χ0v) is 22.1. The highest BCUT2D eigenvalue weighted by molar-refractivity contribution is 7.80. The number of nitrogens with one attached hydrogen (secondary N) is 1. The fourth-order valence-electron chi connectivity index (χ4n) is 4.60. The smallest absolute Gasteiger partial charge is 0.270 e. The van der Waals surface area contributed by atoms with Gasteiger partial charge in [-0.3, -0.25) is 14.9 Å². The number of para-hydroxylation sites is 1. The molecule has 0 bridgehead atoms. The van der Waals surface area contributed by atoms with Crippen molar-refractivity contribution in [3.8, 4) is 17.2 Å². The molecule has 1 aromatic heterocycles. The minimum atomic E-state index is -0.538. The highest BCUT2D eigenvalue weighted by atomic mass is 32.1. The molecule has 0 radical (unpaired) electrons. The minimum absolute atomic E-state index is 0.0106. The van der Waals surface area contributed by atoms with Gasteiger partial charge in [-0.25, -0.2) is 4.90 Å². The van der Waals surface area contributed by atoms with Gasteiger partial charge in [0, 0.05) is 17.5 Å². The van der Waals surface area contributed by atoms with Crippen molar-refractivity contribution in [2.24, 2.45) is 0 Å². The molecule has 1 aliphatic rings. The molecule has 1 N–H and O–H groups in total. The molecule has 1 fully saturated rings. The van der Waals surface area contributed by atoms with Crippen LogP contribution in [-0.2, 0) is 16.0 Å². The van der Waals surface area contributed by atoms with Gasteiger partial charge in [0.15, 0.2) is 5.11 Å². The van der Waals surface area contributed by atoms with E-state index in [0.29, 0.717) is 17.2 Å². The van der Waals surface area contributed by atoms with Crippen molar-refractivity contribution in [2.75, 3.05) is 19.1 Å². The maximum Gasteiger partial charge on any atom is 0.270 e. The van der Waals surface area contributed by atoms with Crippen LogP contribution in [0, 0.1) is 20.8 Å². The quantitative estimate of drug-likeness (QED) is 0.297. The zero-order valence-electron chi connectivity index (χ0n) is 21.3.